The molecule has 0 unspecified atom stereocenters. The van der Waals surface area contributed by atoms with Gasteiger partial charge in [-0.25, -0.2) is 9.97 Å². The summed E-state index contributed by atoms with van der Waals surface area (Å²) in [6, 6.07) is 14.0. The molecule has 1 aliphatic heterocycles. The molecule has 1 fully saturated rings. The zero-order valence-electron chi connectivity index (χ0n) is 17.3. The molecule has 2 aromatic carbocycles. The predicted molar refractivity (Wildman–Crippen MR) is 126 cm³/mol. The number of hydrogen-bond donors (Lipinski definition) is 3. The molecule has 3 heterocycles. The molecule has 2 aromatic heterocycles. The van der Waals surface area contributed by atoms with Gasteiger partial charge >= 0.3 is 0 Å². The van der Waals surface area contributed by atoms with Crippen molar-refractivity contribution in [3.8, 4) is 11.3 Å². The zero-order chi connectivity index (χ0) is 21.2. The fourth-order valence-electron chi connectivity index (χ4n) is 3.83. The first-order valence-corrected chi connectivity index (χ1v) is 10.8. The molecular weight excluding hydrogens is 410 g/mol. The first kappa shape index (κ1) is 19.8. The molecule has 0 radical (unpaired) electrons. The van der Waals surface area contributed by atoms with E-state index in [-0.39, 0.29) is 0 Å². The second-order valence-electron chi connectivity index (χ2n) is 7.73. The van der Waals surface area contributed by atoms with Crippen LogP contribution < -0.4 is 15.5 Å². The Hall–Kier alpha value is -3.16. The van der Waals surface area contributed by atoms with Crippen molar-refractivity contribution in [3.63, 3.8) is 0 Å². The fraction of sp³-hybridized carbons (Fsp3) is 0.261. The van der Waals surface area contributed by atoms with E-state index in [2.05, 4.69) is 37.9 Å². The Balaban J connectivity index is 1.48. The number of fused-ring (bicyclic) bond motifs is 1. The number of piperazine rings is 1. The van der Waals surface area contributed by atoms with Gasteiger partial charge in [0.15, 0.2) is 11.6 Å². The summed E-state index contributed by atoms with van der Waals surface area (Å²) in [6.45, 7) is 6.35. The van der Waals surface area contributed by atoms with Gasteiger partial charge in [0.25, 0.3) is 0 Å². The topological polar surface area (TPSA) is 81.8 Å². The molecule has 5 rings (SSSR count). The summed E-state index contributed by atoms with van der Waals surface area (Å²) in [6.07, 6.45) is 1.84. The lowest BCUT2D eigenvalue weighted by Crippen LogP contribution is -2.44. The number of aromatic nitrogens is 4. The lowest BCUT2D eigenvalue weighted by Gasteiger charge is -2.30. The minimum Gasteiger partial charge on any atom is -0.363 e. The third-order valence-corrected chi connectivity index (χ3v) is 5.84. The number of anilines is 2. The van der Waals surface area contributed by atoms with Gasteiger partial charge in [-0.2, -0.15) is 5.10 Å². The van der Waals surface area contributed by atoms with E-state index < -0.39 is 0 Å². The number of aromatic amines is 1. The highest BCUT2D eigenvalue weighted by Crippen LogP contribution is 2.29. The Morgan fingerprint density at radius 3 is 2.71 bits per heavy atom. The van der Waals surface area contributed by atoms with Crippen LogP contribution in [0.2, 0.25) is 5.02 Å². The lowest BCUT2D eigenvalue weighted by atomic mass is 10.1. The van der Waals surface area contributed by atoms with Crippen molar-refractivity contribution in [2.75, 3.05) is 36.4 Å². The lowest BCUT2D eigenvalue weighted by molar-refractivity contribution is 0.585. The van der Waals surface area contributed by atoms with E-state index in [0.29, 0.717) is 6.54 Å². The summed E-state index contributed by atoms with van der Waals surface area (Å²) in [5.41, 5.74) is 5.03. The molecule has 31 heavy (non-hydrogen) atoms. The van der Waals surface area contributed by atoms with E-state index in [1.807, 2.05) is 43.5 Å². The van der Waals surface area contributed by atoms with Crippen LogP contribution in [0.3, 0.4) is 0 Å². The zero-order valence-corrected chi connectivity index (χ0v) is 18.1. The smallest absolute Gasteiger partial charge is 0.172 e. The van der Waals surface area contributed by atoms with Crippen LogP contribution in [-0.2, 0) is 6.54 Å². The molecular formula is C23H24ClN7. The van der Waals surface area contributed by atoms with Crippen molar-refractivity contribution in [2.45, 2.75) is 13.5 Å². The quantitative estimate of drug-likeness (QED) is 0.441. The normalized spacial score (nSPS) is 14.2. The van der Waals surface area contributed by atoms with Crippen molar-refractivity contribution >= 4 is 34.1 Å². The third-order valence-electron chi connectivity index (χ3n) is 5.58. The van der Waals surface area contributed by atoms with Crippen LogP contribution in [0.15, 0.2) is 48.7 Å². The largest absolute Gasteiger partial charge is 0.363 e. The Labute approximate surface area is 185 Å². The van der Waals surface area contributed by atoms with Crippen LogP contribution in [0, 0.1) is 6.92 Å². The monoisotopic (exact) mass is 433 g/mol. The van der Waals surface area contributed by atoms with E-state index in [9.17, 15) is 0 Å². The molecule has 3 N–H and O–H groups in total. The standard InChI is InChI=1S/C23H24ClN7/c1-15-19-12-17(4-7-20(19)30-29-15)21-14-27-22(23(28-21)31-10-8-25-9-11-31)26-13-16-2-5-18(24)6-3-16/h2-7,12,14,25H,8-11,13H2,1H3,(H,26,27)(H,29,30). The number of nitrogens with zero attached hydrogens (tertiary/aromatic N) is 4. The van der Waals surface area contributed by atoms with Crippen LogP contribution in [0.4, 0.5) is 11.6 Å². The Bertz CT molecular complexity index is 1200. The van der Waals surface area contributed by atoms with Crippen LogP contribution in [0.1, 0.15) is 11.3 Å². The van der Waals surface area contributed by atoms with Crippen LogP contribution >= 0.6 is 11.6 Å². The maximum absolute atomic E-state index is 6.01. The highest BCUT2D eigenvalue weighted by molar-refractivity contribution is 6.30. The molecule has 8 heteroatoms. The van der Waals surface area contributed by atoms with E-state index in [1.165, 1.54) is 0 Å². The van der Waals surface area contributed by atoms with Gasteiger partial charge in [0.05, 0.1) is 17.4 Å². The van der Waals surface area contributed by atoms with Gasteiger partial charge in [-0.1, -0.05) is 29.8 Å². The molecule has 0 atom stereocenters. The van der Waals surface area contributed by atoms with Crippen LogP contribution in [-0.4, -0.2) is 46.3 Å². The first-order valence-electron chi connectivity index (χ1n) is 10.4. The van der Waals surface area contributed by atoms with Crippen LogP contribution in [0.25, 0.3) is 22.2 Å². The number of rotatable bonds is 5. The molecule has 0 spiro atoms. The number of nitrogens with one attached hydrogen (secondary N) is 3. The number of benzene rings is 2. The highest BCUT2D eigenvalue weighted by atomic mass is 35.5. The molecule has 0 saturated carbocycles. The molecule has 1 saturated heterocycles. The summed E-state index contributed by atoms with van der Waals surface area (Å²) in [5, 5.41) is 16.1. The summed E-state index contributed by atoms with van der Waals surface area (Å²) in [7, 11) is 0. The summed E-state index contributed by atoms with van der Waals surface area (Å²) < 4.78 is 0. The average Bonchev–Trinajstić information content (AvgIpc) is 3.19. The van der Waals surface area contributed by atoms with Gasteiger partial charge in [0.2, 0.25) is 0 Å². The molecule has 0 aliphatic carbocycles. The van der Waals surface area contributed by atoms with Gasteiger partial charge in [0, 0.05) is 54.4 Å². The minimum absolute atomic E-state index is 0.657. The van der Waals surface area contributed by atoms with Crippen LogP contribution in [0.5, 0.6) is 0 Å². The Morgan fingerprint density at radius 1 is 1.10 bits per heavy atom. The van der Waals surface area contributed by atoms with Crippen molar-refractivity contribution in [3.05, 3.63) is 64.9 Å². The summed E-state index contributed by atoms with van der Waals surface area (Å²) in [5.74, 6) is 1.68. The maximum Gasteiger partial charge on any atom is 0.172 e. The van der Waals surface area contributed by atoms with Crippen molar-refractivity contribution in [2.24, 2.45) is 0 Å². The molecule has 4 aromatic rings. The number of halogens is 1. The Morgan fingerprint density at radius 2 is 1.90 bits per heavy atom. The van der Waals surface area contributed by atoms with Gasteiger partial charge in [-0.15, -0.1) is 0 Å². The molecule has 0 amide bonds. The minimum atomic E-state index is 0.657. The second-order valence-corrected chi connectivity index (χ2v) is 8.16. The third kappa shape index (κ3) is 4.19. The fourth-order valence-corrected chi connectivity index (χ4v) is 3.95. The number of aryl methyl sites for hydroxylation is 1. The van der Waals surface area contributed by atoms with Gasteiger partial charge in [-0.05, 0) is 36.8 Å². The van der Waals surface area contributed by atoms with Gasteiger partial charge < -0.3 is 15.5 Å². The van der Waals surface area contributed by atoms with Gasteiger partial charge in [-0.3, -0.25) is 5.10 Å². The Kier molecular flexibility index (Phi) is 5.44. The predicted octanol–water partition coefficient (Wildman–Crippen LogP) is 4.00. The molecule has 158 valence electrons. The van der Waals surface area contributed by atoms with E-state index in [0.717, 1.165) is 76.3 Å². The molecule has 7 nitrogen and oxygen atoms in total. The maximum atomic E-state index is 6.01. The number of hydrogen-bond acceptors (Lipinski definition) is 6. The molecule has 1 aliphatic rings. The summed E-state index contributed by atoms with van der Waals surface area (Å²) >= 11 is 6.01. The SMILES string of the molecule is Cc1[nH]nc2ccc(-c3cnc(NCc4ccc(Cl)cc4)c(N4CCNCC4)n3)cc12. The number of H-pyrrole nitrogens is 1. The summed E-state index contributed by atoms with van der Waals surface area (Å²) in [4.78, 5) is 12.1. The van der Waals surface area contributed by atoms with Crippen molar-refractivity contribution in [1.29, 1.82) is 0 Å². The van der Waals surface area contributed by atoms with Gasteiger partial charge in [0.1, 0.15) is 0 Å². The first-order chi connectivity index (χ1) is 15.2. The van der Waals surface area contributed by atoms with E-state index in [4.69, 9.17) is 21.6 Å². The van der Waals surface area contributed by atoms with E-state index >= 15 is 0 Å². The molecule has 0 bridgehead atoms. The van der Waals surface area contributed by atoms with Crippen molar-refractivity contribution < 1.29 is 0 Å². The average molecular weight is 434 g/mol. The second kappa shape index (κ2) is 8.53. The van der Waals surface area contributed by atoms with E-state index in [1.54, 1.807) is 0 Å². The highest BCUT2D eigenvalue weighted by Gasteiger charge is 2.18. The van der Waals surface area contributed by atoms with Crippen molar-refractivity contribution in [1.82, 2.24) is 25.5 Å².